The van der Waals surface area contributed by atoms with Gasteiger partial charge in [-0.1, -0.05) is 23.4 Å². The van der Waals surface area contributed by atoms with Crippen LogP contribution in [0.2, 0.25) is 0 Å². The summed E-state index contributed by atoms with van der Waals surface area (Å²) in [6.07, 6.45) is 0. The average Bonchev–Trinajstić information content (AvgIpc) is 2.26. The van der Waals surface area contributed by atoms with Crippen molar-refractivity contribution in [2.75, 3.05) is 14.1 Å². The number of carbonyl (C=O) groups excluding carboxylic acids is 1. The molecule has 76 valence electrons. The Balaban J connectivity index is 2.59. The molecule has 14 heavy (non-hydrogen) atoms. The summed E-state index contributed by atoms with van der Waals surface area (Å²) >= 11 is 0. The van der Waals surface area contributed by atoms with Crippen LogP contribution in [-0.2, 0) is 0 Å². The summed E-state index contributed by atoms with van der Waals surface area (Å²) in [4.78, 5) is 11.5. The second-order valence-electron chi connectivity index (χ2n) is 2.59. The highest BCUT2D eigenvalue weighted by molar-refractivity contribution is 5.93. The van der Waals surface area contributed by atoms with Gasteiger partial charge >= 0.3 is 0 Å². The van der Waals surface area contributed by atoms with E-state index in [0.717, 1.165) is 0 Å². The minimum atomic E-state index is -0.172. The van der Waals surface area contributed by atoms with Gasteiger partial charge in [0, 0.05) is 19.7 Å². The number of benzene rings is 1. The zero-order valence-electron chi connectivity index (χ0n) is 8.24. The molecule has 3 N–H and O–H groups in total. The summed E-state index contributed by atoms with van der Waals surface area (Å²) in [6.45, 7) is 0. The molecule has 0 heterocycles. The largest absolute Gasteiger partial charge is 0.268 e. The van der Waals surface area contributed by atoms with Gasteiger partial charge in [0.2, 0.25) is 0 Å². The van der Waals surface area contributed by atoms with E-state index in [4.69, 9.17) is 0 Å². The number of hydrogen-bond acceptors (Lipinski definition) is 4. The third-order valence-electron chi connectivity index (χ3n) is 1.70. The number of rotatable bonds is 4. The molecule has 0 unspecified atom stereocenters. The lowest BCUT2D eigenvalue weighted by molar-refractivity contribution is 0.0504. The molecule has 0 aliphatic carbocycles. The summed E-state index contributed by atoms with van der Waals surface area (Å²) in [5, 5.41) is 1.37. The van der Waals surface area contributed by atoms with E-state index >= 15 is 0 Å². The lowest BCUT2D eigenvalue weighted by Crippen LogP contribution is -2.55. The molecule has 0 saturated carbocycles. The normalized spacial score (nSPS) is 10.2. The van der Waals surface area contributed by atoms with Gasteiger partial charge in [-0.3, -0.25) is 10.2 Å². The van der Waals surface area contributed by atoms with Gasteiger partial charge in [0.05, 0.1) is 0 Å². The highest BCUT2D eigenvalue weighted by Crippen LogP contribution is 1.97. The van der Waals surface area contributed by atoms with Crippen LogP contribution in [0, 0.1) is 0 Å². The van der Waals surface area contributed by atoms with Gasteiger partial charge in [0.1, 0.15) is 0 Å². The molecule has 0 atom stereocenters. The highest BCUT2D eigenvalue weighted by Gasteiger charge is 2.06. The molecule has 0 saturated heterocycles. The van der Waals surface area contributed by atoms with Crippen molar-refractivity contribution in [3.63, 3.8) is 0 Å². The maximum absolute atomic E-state index is 11.5. The predicted octanol–water partition coefficient (Wildman–Crippen LogP) is -0.0978. The molecule has 0 aliphatic heterocycles. The van der Waals surface area contributed by atoms with Crippen molar-refractivity contribution >= 4 is 5.91 Å². The van der Waals surface area contributed by atoms with Gasteiger partial charge in [0.15, 0.2) is 0 Å². The van der Waals surface area contributed by atoms with Crippen LogP contribution in [0.4, 0.5) is 0 Å². The smallest absolute Gasteiger partial charge is 0.267 e. The first-order chi connectivity index (χ1) is 6.77. The number of hydrazine groups is 3. The van der Waals surface area contributed by atoms with Gasteiger partial charge in [-0.25, -0.2) is 10.9 Å². The summed E-state index contributed by atoms with van der Waals surface area (Å²) in [7, 11) is 3.39. The van der Waals surface area contributed by atoms with Crippen molar-refractivity contribution in [2.45, 2.75) is 0 Å². The fourth-order valence-electron chi connectivity index (χ4n) is 0.979. The van der Waals surface area contributed by atoms with E-state index in [1.165, 1.54) is 5.23 Å². The van der Waals surface area contributed by atoms with Crippen LogP contribution < -0.4 is 16.3 Å². The molecular weight excluding hydrogens is 180 g/mol. The summed E-state index contributed by atoms with van der Waals surface area (Å²) in [5.74, 6) is -0.172. The maximum Gasteiger partial charge on any atom is 0.267 e. The molecule has 1 aromatic rings. The van der Waals surface area contributed by atoms with Crippen molar-refractivity contribution in [3.05, 3.63) is 35.9 Å². The Bertz CT molecular complexity index is 284. The first-order valence-electron chi connectivity index (χ1n) is 4.29. The third kappa shape index (κ3) is 2.81. The monoisotopic (exact) mass is 194 g/mol. The SMILES string of the molecule is CNN(NC)NC(=O)c1ccccc1. The lowest BCUT2D eigenvalue weighted by Gasteiger charge is -2.19. The maximum atomic E-state index is 11.5. The minimum absolute atomic E-state index is 0.172. The zero-order chi connectivity index (χ0) is 10.4. The van der Waals surface area contributed by atoms with Crippen molar-refractivity contribution in [1.82, 2.24) is 21.5 Å². The number of amides is 1. The second-order valence-corrected chi connectivity index (χ2v) is 2.59. The van der Waals surface area contributed by atoms with E-state index in [0.29, 0.717) is 5.56 Å². The molecule has 1 amide bonds. The van der Waals surface area contributed by atoms with E-state index in [9.17, 15) is 4.79 Å². The Morgan fingerprint density at radius 1 is 1.14 bits per heavy atom. The molecule has 0 spiro atoms. The summed E-state index contributed by atoms with van der Waals surface area (Å²) in [5.41, 5.74) is 8.70. The van der Waals surface area contributed by atoms with Crippen LogP contribution in [-0.4, -0.2) is 25.2 Å². The van der Waals surface area contributed by atoms with Crippen molar-refractivity contribution in [3.8, 4) is 0 Å². The molecule has 0 radical (unpaired) electrons. The topological polar surface area (TPSA) is 56.4 Å². The first-order valence-corrected chi connectivity index (χ1v) is 4.29. The van der Waals surface area contributed by atoms with Crippen LogP contribution >= 0.6 is 0 Å². The fraction of sp³-hybridized carbons (Fsp3) is 0.222. The van der Waals surface area contributed by atoms with Gasteiger partial charge in [-0.05, 0) is 12.1 Å². The van der Waals surface area contributed by atoms with Gasteiger partial charge in [0.25, 0.3) is 5.91 Å². The van der Waals surface area contributed by atoms with Crippen LogP contribution in [0.25, 0.3) is 0 Å². The predicted molar refractivity (Wildman–Crippen MR) is 53.9 cm³/mol. The molecule has 1 rings (SSSR count). The highest BCUT2D eigenvalue weighted by atomic mass is 16.2. The molecular formula is C9H14N4O. The number of nitrogens with one attached hydrogen (secondary N) is 3. The van der Waals surface area contributed by atoms with E-state index < -0.39 is 0 Å². The minimum Gasteiger partial charge on any atom is -0.268 e. The summed E-state index contributed by atoms with van der Waals surface area (Å²) < 4.78 is 0. The fourth-order valence-corrected chi connectivity index (χ4v) is 0.979. The van der Waals surface area contributed by atoms with Crippen LogP contribution in [0.1, 0.15) is 10.4 Å². The molecule has 0 aliphatic rings. The Morgan fingerprint density at radius 3 is 2.21 bits per heavy atom. The average molecular weight is 194 g/mol. The van der Waals surface area contributed by atoms with Crippen LogP contribution in [0.5, 0.6) is 0 Å². The van der Waals surface area contributed by atoms with E-state index in [1.807, 2.05) is 18.2 Å². The van der Waals surface area contributed by atoms with Crippen LogP contribution in [0.3, 0.4) is 0 Å². The quantitative estimate of drug-likeness (QED) is 0.586. The standard InChI is InChI=1S/C9H14N4O/c1-10-13(11-2)12-9(14)8-6-4-3-5-7-8/h3-7,10-11H,1-2H3,(H,12,14). The zero-order valence-corrected chi connectivity index (χ0v) is 8.24. The van der Waals surface area contributed by atoms with Gasteiger partial charge in [-0.2, -0.15) is 0 Å². The Kier molecular flexibility index (Phi) is 4.06. The first kappa shape index (κ1) is 10.6. The number of hydrogen-bond donors (Lipinski definition) is 3. The molecule has 5 heteroatoms. The second kappa shape index (κ2) is 5.33. The molecule has 1 aromatic carbocycles. The number of nitrogens with zero attached hydrogens (tertiary/aromatic N) is 1. The Morgan fingerprint density at radius 2 is 1.71 bits per heavy atom. The number of carbonyl (C=O) groups is 1. The Hall–Kier alpha value is -1.43. The molecule has 0 aromatic heterocycles. The van der Waals surface area contributed by atoms with Crippen molar-refractivity contribution in [1.29, 1.82) is 0 Å². The van der Waals surface area contributed by atoms with E-state index in [-0.39, 0.29) is 5.91 Å². The van der Waals surface area contributed by atoms with Gasteiger partial charge < -0.3 is 0 Å². The van der Waals surface area contributed by atoms with E-state index in [1.54, 1.807) is 26.2 Å². The van der Waals surface area contributed by atoms with Crippen LogP contribution in [0.15, 0.2) is 30.3 Å². The molecule has 0 fully saturated rings. The molecule has 5 nitrogen and oxygen atoms in total. The molecule has 0 bridgehead atoms. The van der Waals surface area contributed by atoms with Gasteiger partial charge in [-0.15, -0.1) is 0 Å². The summed E-state index contributed by atoms with van der Waals surface area (Å²) in [6, 6.07) is 9.00. The lowest BCUT2D eigenvalue weighted by atomic mass is 10.2. The van der Waals surface area contributed by atoms with E-state index in [2.05, 4.69) is 16.3 Å². The third-order valence-corrected chi connectivity index (χ3v) is 1.70. The van der Waals surface area contributed by atoms with Crippen molar-refractivity contribution < 1.29 is 4.79 Å². The Labute approximate surface area is 83.0 Å². The van der Waals surface area contributed by atoms with Crippen molar-refractivity contribution in [2.24, 2.45) is 0 Å².